The zero-order valence-electron chi connectivity index (χ0n) is 17.4. The van der Waals surface area contributed by atoms with E-state index in [9.17, 15) is 26.7 Å². The molecule has 1 saturated heterocycles. The van der Waals surface area contributed by atoms with E-state index in [0.717, 1.165) is 38.1 Å². The van der Waals surface area contributed by atoms with E-state index >= 15 is 0 Å². The van der Waals surface area contributed by atoms with Crippen LogP contribution >= 0.6 is 0 Å². The maximum absolute atomic E-state index is 14.0. The number of alkyl halides is 3. The van der Waals surface area contributed by atoms with Crippen molar-refractivity contribution >= 4 is 16.9 Å². The van der Waals surface area contributed by atoms with E-state index in [4.69, 9.17) is 9.90 Å². The smallest absolute Gasteiger partial charge is 0.475 e. The van der Waals surface area contributed by atoms with Crippen LogP contribution in [0.3, 0.4) is 0 Å². The number of benzene rings is 2. The van der Waals surface area contributed by atoms with Gasteiger partial charge in [-0.15, -0.1) is 0 Å². The first-order valence-corrected chi connectivity index (χ1v) is 9.93. The second-order valence-electron chi connectivity index (χ2n) is 7.70. The summed E-state index contributed by atoms with van der Waals surface area (Å²) in [5, 5.41) is 7.04. The van der Waals surface area contributed by atoms with Crippen LogP contribution < -0.4 is 5.56 Å². The number of aromatic amines is 1. The highest BCUT2D eigenvalue weighted by atomic mass is 19.4. The maximum atomic E-state index is 14.0. The molecule has 0 bridgehead atoms. The Balaban J connectivity index is 0.000000383. The van der Waals surface area contributed by atoms with Crippen LogP contribution in [-0.2, 0) is 4.79 Å². The van der Waals surface area contributed by atoms with Crippen molar-refractivity contribution in [2.24, 2.45) is 0 Å². The predicted molar refractivity (Wildman–Crippen MR) is 111 cm³/mol. The van der Waals surface area contributed by atoms with Crippen LogP contribution in [0.1, 0.15) is 24.3 Å². The highest BCUT2D eigenvalue weighted by Crippen LogP contribution is 2.29. The minimum Gasteiger partial charge on any atom is -0.475 e. The summed E-state index contributed by atoms with van der Waals surface area (Å²) < 4.78 is 59.1. The van der Waals surface area contributed by atoms with E-state index in [1.807, 2.05) is 24.3 Å². The van der Waals surface area contributed by atoms with Crippen molar-refractivity contribution in [3.63, 3.8) is 0 Å². The number of nitrogens with one attached hydrogen (secondary N) is 1. The molecule has 0 radical (unpaired) electrons. The number of carbonyl (C=O) groups is 1. The van der Waals surface area contributed by atoms with E-state index in [0.29, 0.717) is 11.5 Å². The summed E-state index contributed by atoms with van der Waals surface area (Å²) in [6.07, 6.45) is -2.84. The van der Waals surface area contributed by atoms with Crippen molar-refractivity contribution < 1.29 is 31.9 Å². The second-order valence-corrected chi connectivity index (χ2v) is 7.70. The van der Waals surface area contributed by atoms with Crippen LogP contribution in [0.2, 0.25) is 0 Å². The third-order valence-electron chi connectivity index (χ3n) is 5.34. The molecule has 2 aromatic carbocycles. The molecule has 3 aromatic rings. The zero-order chi connectivity index (χ0) is 24.3. The van der Waals surface area contributed by atoms with Crippen LogP contribution in [0.5, 0.6) is 0 Å². The van der Waals surface area contributed by atoms with Gasteiger partial charge in [-0.25, -0.2) is 18.6 Å². The molecule has 1 fully saturated rings. The molecule has 4 rings (SSSR count). The van der Waals surface area contributed by atoms with E-state index in [1.165, 1.54) is 5.56 Å². The first-order valence-electron chi connectivity index (χ1n) is 9.93. The van der Waals surface area contributed by atoms with Crippen LogP contribution in [0.15, 0.2) is 41.2 Å². The van der Waals surface area contributed by atoms with E-state index in [1.54, 1.807) is 0 Å². The number of carboxylic acid groups (broad SMARTS) is 1. The standard InChI is InChI=1S/C20H19F2N3O.C2HF3O2/c1-25-8-6-13(7-9-25)12-2-4-14(5-3-12)19-23-18-16(20(26)24-19)10-15(21)11-17(18)22;3-2(4,5)1(6)7/h2-5,10-11,13H,6-9H2,1H3,(H,23,24,26);(H,6,7). The lowest BCUT2D eigenvalue weighted by atomic mass is 9.89. The van der Waals surface area contributed by atoms with E-state index < -0.39 is 29.3 Å². The van der Waals surface area contributed by atoms with Gasteiger partial charge in [0, 0.05) is 11.6 Å². The molecule has 0 aliphatic carbocycles. The number of carboxylic acids is 1. The molecule has 1 aliphatic rings. The van der Waals surface area contributed by atoms with Crippen molar-refractivity contribution in [3.8, 4) is 11.4 Å². The first kappa shape index (κ1) is 24.3. The Morgan fingerprint density at radius 2 is 1.70 bits per heavy atom. The van der Waals surface area contributed by atoms with Crippen molar-refractivity contribution in [1.29, 1.82) is 0 Å². The largest absolute Gasteiger partial charge is 0.490 e. The summed E-state index contributed by atoms with van der Waals surface area (Å²) in [7, 11) is 2.13. The maximum Gasteiger partial charge on any atom is 0.490 e. The molecule has 6 nitrogen and oxygen atoms in total. The number of piperidine rings is 1. The van der Waals surface area contributed by atoms with Gasteiger partial charge in [0.25, 0.3) is 5.56 Å². The van der Waals surface area contributed by atoms with Crippen LogP contribution in [-0.4, -0.2) is 52.3 Å². The number of aromatic nitrogens is 2. The van der Waals surface area contributed by atoms with Gasteiger partial charge in [0.05, 0.1) is 5.39 Å². The number of hydrogen-bond acceptors (Lipinski definition) is 4. The molecule has 1 aromatic heterocycles. The summed E-state index contributed by atoms with van der Waals surface area (Å²) in [6.45, 7) is 2.17. The van der Waals surface area contributed by atoms with Gasteiger partial charge in [-0.05, 0) is 50.5 Å². The molecule has 176 valence electrons. The fourth-order valence-corrected chi connectivity index (χ4v) is 3.56. The van der Waals surface area contributed by atoms with Crippen LogP contribution in [0.4, 0.5) is 22.0 Å². The number of rotatable bonds is 2. The predicted octanol–water partition coefficient (Wildman–Crippen LogP) is 4.31. The van der Waals surface area contributed by atoms with Crippen LogP contribution in [0.25, 0.3) is 22.3 Å². The Morgan fingerprint density at radius 3 is 2.24 bits per heavy atom. The van der Waals surface area contributed by atoms with Gasteiger partial charge < -0.3 is 15.0 Å². The Hall–Kier alpha value is -3.34. The van der Waals surface area contributed by atoms with Gasteiger partial charge in [0.1, 0.15) is 17.2 Å². The summed E-state index contributed by atoms with van der Waals surface area (Å²) in [5.74, 6) is -3.58. The zero-order valence-corrected chi connectivity index (χ0v) is 17.4. The lowest BCUT2D eigenvalue weighted by molar-refractivity contribution is -0.192. The lowest BCUT2D eigenvalue weighted by Gasteiger charge is -2.29. The summed E-state index contributed by atoms with van der Waals surface area (Å²) in [4.78, 5) is 30.2. The summed E-state index contributed by atoms with van der Waals surface area (Å²) in [5.41, 5.74) is 1.29. The van der Waals surface area contributed by atoms with Crippen molar-refractivity contribution in [2.45, 2.75) is 24.9 Å². The number of nitrogens with zero attached hydrogens (tertiary/aromatic N) is 2. The topological polar surface area (TPSA) is 86.3 Å². The quantitative estimate of drug-likeness (QED) is 0.547. The number of aliphatic carboxylic acids is 1. The summed E-state index contributed by atoms with van der Waals surface area (Å²) >= 11 is 0. The van der Waals surface area contributed by atoms with Gasteiger partial charge in [0.2, 0.25) is 0 Å². The van der Waals surface area contributed by atoms with Crippen molar-refractivity contribution in [1.82, 2.24) is 14.9 Å². The molecule has 0 unspecified atom stereocenters. The molecule has 0 amide bonds. The van der Waals surface area contributed by atoms with Crippen molar-refractivity contribution in [2.75, 3.05) is 20.1 Å². The fraction of sp³-hybridized carbons (Fsp3) is 0.318. The average Bonchev–Trinajstić information content (AvgIpc) is 2.75. The third kappa shape index (κ3) is 5.92. The van der Waals surface area contributed by atoms with Gasteiger partial charge in [-0.3, -0.25) is 4.79 Å². The van der Waals surface area contributed by atoms with E-state index in [-0.39, 0.29) is 16.7 Å². The monoisotopic (exact) mass is 469 g/mol. The van der Waals surface area contributed by atoms with Gasteiger partial charge >= 0.3 is 12.1 Å². The Kier molecular flexibility index (Phi) is 7.11. The first-order chi connectivity index (χ1) is 15.5. The highest BCUT2D eigenvalue weighted by molar-refractivity contribution is 5.80. The van der Waals surface area contributed by atoms with Crippen molar-refractivity contribution in [3.05, 3.63) is 63.9 Å². The minimum atomic E-state index is -5.08. The minimum absolute atomic E-state index is 0.0887. The van der Waals surface area contributed by atoms with E-state index in [2.05, 4.69) is 21.9 Å². The SMILES string of the molecule is CN1CCC(c2ccc(-c3nc4c(F)cc(F)cc4c(=O)[nH]3)cc2)CC1.O=C(O)C(F)(F)F. The average molecular weight is 469 g/mol. The lowest BCUT2D eigenvalue weighted by Crippen LogP contribution is -2.29. The highest BCUT2D eigenvalue weighted by Gasteiger charge is 2.38. The number of likely N-dealkylation sites (tertiary alicyclic amines) is 1. The molecule has 1 aliphatic heterocycles. The summed E-state index contributed by atoms with van der Waals surface area (Å²) in [6, 6.07) is 9.59. The van der Waals surface area contributed by atoms with Crippen LogP contribution in [0, 0.1) is 11.6 Å². The molecule has 2 heterocycles. The van der Waals surface area contributed by atoms with Gasteiger partial charge in [0.15, 0.2) is 5.82 Å². The number of hydrogen-bond donors (Lipinski definition) is 2. The fourth-order valence-electron chi connectivity index (χ4n) is 3.56. The second kappa shape index (κ2) is 9.65. The molecular formula is C22H20F5N3O3. The van der Waals surface area contributed by atoms with Gasteiger partial charge in [-0.1, -0.05) is 24.3 Å². The number of fused-ring (bicyclic) bond motifs is 1. The number of halogens is 5. The Morgan fingerprint density at radius 1 is 1.12 bits per heavy atom. The molecule has 2 N–H and O–H groups in total. The van der Waals surface area contributed by atoms with Gasteiger partial charge in [-0.2, -0.15) is 13.2 Å². The molecule has 0 atom stereocenters. The Labute approximate surface area is 184 Å². The molecule has 11 heteroatoms. The molecule has 33 heavy (non-hydrogen) atoms. The molecule has 0 spiro atoms. The molecule has 0 saturated carbocycles. The molecular weight excluding hydrogens is 449 g/mol. The Bertz CT molecular complexity index is 1200. The normalized spacial score (nSPS) is 15.2. The third-order valence-corrected chi connectivity index (χ3v) is 5.34. The number of H-pyrrole nitrogens is 1.